The topological polar surface area (TPSA) is 83.6 Å². The second-order valence-electron chi connectivity index (χ2n) is 9.37. The molecule has 4 fully saturated rings. The summed E-state index contributed by atoms with van der Waals surface area (Å²) in [5.41, 5.74) is -4.70. The molecule has 6 rings (SSSR count). The second kappa shape index (κ2) is 5.72. The lowest BCUT2D eigenvalue weighted by atomic mass is 9.46. The van der Waals surface area contributed by atoms with Crippen LogP contribution in [0.15, 0.2) is 11.4 Å². The summed E-state index contributed by atoms with van der Waals surface area (Å²) in [6, 6.07) is 0. The van der Waals surface area contributed by atoms with Gasteiger partial charge in [-0.2, -0.15) is 23.3 Å². The standard InChI is InChI=1S/C18H21ClF3N5O2/c1-10-3-17(29,18(20,21)22)27(24-10)13(28)15-4-11-2-12(5-15)7-16(6-11,8-15)26-9-23-14(19)25-26/h9,11-12,29H,2-8H2,1H3/t11-,12+,15?,16?,17-/m1/s1. The van der Waals surface area contributed by atoms with E-state index in [9.17, 15) is 23.1 Å². The molecule has 1 amide bonds. The van der Waals surface area contributed by atoms with Crippen LogP contribution in [0, 0.1) is 17.3 Å². The average molecular weight is 432 g/mol. The molecule has 1 N–H and O–H groups in total. The van der Waals surface area contributed by atoms with Crippen molar-refractivity contribution in [2.24, 2.45) is 22.4 Å². The summed E-state index contributed by atoms with van der Waals surface area (Å²) in [6.45, 7) is 1.39. The van der Waals surface area contributed by atoms with E-state index in [1.807, 2.05) is 0 Å². The highest BCUT2D eigenvalue weighted by Gasteiger charge is 2.68. The SMILES string of the molecule is CC1=NN(C(=O)C23C[C@H]4C[C@@H](C2)CC(n2cnc(Cl)n2)(C4)C3)[C@](O)(C(F)(F)F)C1. The van der Waals surface area contributed by atoms with Crippen LogP contribution in [0.4, 0.5) is 13.2 Å². The van der Waals surface area contributed by atoms with E-state index in [4.69, 9.17) is 11.6 Å². The molecule has 0 saturated heterocycles. The third-order valence-corrected chi connectivity index (χ3v) is 7.38. The fraction of sp³-hybridized carbons (Fsp3) is 0.778. The number of hydrogen-bond acceptors (Lipinski definition) is 5. The number of hydrazone groups is 1. The van der Waals surface area contributed by atoms with Gasteiger partial charge in [0.15, 0.2) is 0 Å². The van der Waals surface area contributed by atoms with Gasteiger partial charge >= 0.3 is 6.18 Å². The predicted molar refractivity (Wildman–Crippen MR) is 95.7 cm³/mol. The zero-order valence-corrected chi connectivity index (χ0v) is 16.5. The van der Waals surface area contributed by atoms with E-state index in [2.05, 4.69) is 15.2 Å². The summed E-state index contributed by atoms with van der Waals surface area (Å²) in [6.07, 6.45) is -0.281. The summed E-state index contributed by atoms with van der Waals surface area (Å²) < 4.78 is 42.8. The van der Waals surface area contributed by atoms with E-state index < -0.39 is 35.2 Å². The number of halogens is 4. The molecule has 0 aromatic carbocycles. The van der Waals surface area contributed by atoms with Crippen molar-refractivity contribution < 1.29 is 23.1 Å². The fourth-order valence-electron chi connectivity index (χ4n) is 6.58. The molecular weight excluding hydrogens is 411 g/mol. The fourth-order valence-corrected chi connectivity index (χ4v) is 6.71. The molecule has 4 aliphatic carbocycles. The van der Waals surface area contributed by atoms with Crippen molar-refractivity contribution >= 4 is 23.2 Å². The van der Waals surface area contributed by atoms with Crippen molar-refractivity contribution in [3.05, 3.63) is 11.6 Å². The highest BCUT2D eigenvalue weighted by Crippen LogP contribution is 2.65. The molecule has 0 radical (unpaired) electrons. The van der Waals surface area contributed by atoms with Gasteiger partial charge in [0, 0.05) is 12.1 Å². The normalized spacial score (nSPS) is 41.2. The summed E-state index contributed by atoms with van der Waals surface area (Å²) in [7, 11) is 0. The molecule has 4 bridgehead atoms. The molecule has 11 heteroatoms. The van der Waals surface area contributed by atoms with Gasteiger partial charge in [-0.15, -0.1) is 5.10 Å². The van der Waals surface area contributed by atoms with E-state index in [0.717, 1.165) is 19.3 Å². The maximum Gasteiger partial charge on any atom is 0.438 e. The van der Waals surface area contributed by atoms with Crippen molar-refractivity contribution in [1.29, 1.82) is 0 Å². The number of nitrogens with zero attached hydrogens (tertiary/aromatic N) is 5. The third-order valence-electron chi connectivity index (χ3n) is 7.20. The Kier molecular flexibility index (Phi) is 3.80. The third kappa shape index (κ3) is 2.60. The van der Waals surface area contributed by atoms with Crippen molar-refractivity contribution in [2.45, 2.75) is 69.3 Å². The molecule has 1 aromatic heterocycles. The number of carbonyl (C=O) groups is 1. The van der Waals surface area contributed by atoms with E-state index in [1.165, 1.54) is 13.3 Å². The van der Waals surface area contributed by atoms with Crippen LogP contribution in [0.5, 0.6) is 0 Å². The maximum absolute atomic E-state index is 13.7. The largest absolute Gasteiger partial charge is 0.438 e. The van der Waals surface area contributed by atoms with Crippen LogP contribution in [0.3, 0.4) is 0 Å². The Balaban J connectivity index is 1.55. The molecule has 5 aliphatic rings. The quantitative estimate of drug-likeness (QED) is 0.780. The molecule has 2 heterocycles. The van der Waals surface area contributed by atoms with Crippen LogP contribution in [-0.4, -0.2) is 48.4 Å². The molecule has 158 valence electrons. The number of aromatic nitrogens is 3. The lowest BCUT2D eigenvalue weighted by Gasteiger charge is -2.61. The zero-order chi connectivity index (χ0) is 20.8. The number of carbonyl (C=O) groups excluding carboxylic acids is 1. The van der Waals surface area contributed by atoms with E-state index >= 15 is 0 Å². The van der Waals surface area contributed by atoms with Gasteiger partial charge in [0.05, 0.1) is 11.0 Å². The monoisotopic (exact) mass is 431 g/mol. The van der Waals surface area contributed by atoms with Crippen molar-refractivity contribution in [1.82, 2.24) is 19.8 Å². The van der Waals surface area contributed by atoms with Crippen LogP contribution in [0.2, 0.25) is 5.28 Å². The highest BCUT2D eigenvalue weighted by atomic mass is 35.5. The first-order chi connectivity index (χ1) is 13.5. The second-order valence-corrected chi connectivity index (χ2v) is 9.71. The Morgan fingerprint density at radius 2 is 1.93 bits per heavy atom. The lowest BCUT2D eigenvalue weighted by molar-refractivity contribution is -0.305. The summed E-state index contributed by atoms with van der Waals surface area (Å²) in [5, 5.41) is 19.0. The first-order valence-corrected chi connectivity index (χ1v) is 10.1. The van der Waals surface area contributed by atoms with Crippen LogP contribution in [-0.2, 0) is 10.3 Å². The van der Waals surface area contributed by atoms with Crippen molar-refractivity contribution in [2.75, 3.05) is 0 Å². The molecule has 0 spiro atoms. The average Bonchev–Trinajstić information content (AvgIpc) is 3.16. The first kappa shape index (κ1) is 19.3. The maximum atomic E-state index is 13.7. The van der Waals surface area contributed by atoms with Gasteiger partial charge in [0.25, 0.3) is 11.6 Å². The number of rotatable bonds is 2. The van der Waals surface area contributed by atoms with E-state index in [0.29, 0.717) is 24.3 Å². The van der Waals surface area contributed by atoms with Gasteiger partial charge in [-0.25, -0.2) is 9.67 Å². The van der Waals surface area contributed by atoms with E-state index in [1.54, 1.807) is 4.68 Å². The first-order valence-electron chi connectivity index (χ1n) is 9.72. The van der Waals surface area contributed by atoms with Gasteiger partial charge < -0.3 is 5.11 Å². The molecule has 5 atom stereocenters. The number of alkyl halides is 3. The minimum Gasteiger partial charge on any atom is -0.362 e. The Hall–Kier alpha value is -1.68. The van der Waals surface area contributed by atoms with Gasteiger partial charge in [-0.05, 0) is 68.9 Å². The Bertz CT molecular complexity index is 902. The van der Waals surface area contributed by atoms with Gasteiger partial charge in [0.2, 0.25) is 5.28 Å². The summed E-state index contributed by atoms with van der Waals surface area (Å²) in [5.74, 6) is -0.330. The molecule has 4 saturated carbocycles. The molecule has 1 aliphatic heterocycles. The van der Waals surface area contributed by atoms with Gasteiger partial charge in [0.1, 0.15) is 6.33 Å². The zero-order valence-electron chi connectivity index (χ0n) is 15.8. The smallest absolute Gasteiger partial charge is 0.362 e. The molecular formula is C18H21ClF3N5O2. The Morgan fingerprint density at radius 3 is 2.48 bits per heavy atom. The Labute approximate surface area is 169 Å². The lowest BCUT2D eigenvalue weighted by Crippen LogP contribution is -2.65. The molecule has 7 nitrogen and oxygen atoms in total. The Morgan fingerprint density at radius 1 is 1.28 bits per heavy atom. The highest BCUT2D eigenvalue weighted by molar-refractivity contribution is 6.28. The summed E-state index contributed by atoms with van der Waals surface area (Å²) in [4.78, 5) is 17.6. The molecule has 29 heavy (non-hydrogen) atoms. The van der Waals surface area contributed by atoms with E-state index in [-0.39, 0.29) is 22.8 Å². The van der Waals surface area contributed by atoms with Crippen LogP contribution >= 0.6 is 11.6 Å². The summed E-state index contributed by atoms with van der Waals surface area (Å²) >= 11 is 5.91. The van der Waals surface area contributed by atoms with Crippen molar-refractivity contribution in [3.8, 4) is 0 Å². The minimum absolute atomic E-state index is 0.0840. The van der Waals surface area contributed by atoms with Crippen LogP contribution in [0.25, 0.3) is 0 Å². The van der Waals surface area contributed by atoms with Gasteiger partial charge in [-0.3, -0.25) is 4.79 Å². The van der Waals surface area contributed by atoms with Crippen LogP contribution in [0.1, 0.15) is 51.9 Å². The van der Waals surface area contributed by atoms with Gasteiger partial charge in [-0.1, -0.05) is 0 Å². The van der Waals surface area contributed by atoms with Crippen molar-refractivity contribution in [3.63, 3.8) is 0 Å². The van der Waals surface area contributed by atoms with Crippen LogP contribution < -0.4 is 0 Å². The molecule has 1 aromatic rings. The number of aliphatic hydroxyl groups is 1. The molecule has 2 unspecified atom stereocenters. The number of amides is 1. The predicted octanol–water partition coefficient (Wildman–Crippen LogP) is 3.09. The number of hydrogen-bond donors (Lipinski definition) is 1. The minimum atomic E-state index is -5.00.